The van der Waals surface area contributed by atoms with Gasteiger partial charge in [0.05, 0.1) is 12.0 Å². The molecule has 104 valence electrons. The molecular weight excluding hydrogens is 228 g/mol. The van der Waals surface area contributed by atoms with Crippen LogP contribution in [0, 0.1) is 11.8 Å². The summed E-state index contributed by atoms with van der Waals surface area (Å²) in [5.41, 5.74) is 6.13. The summed E-state index contributed by atoms with van der Waals surface area (Å²) >= 11 is 0. The molecule has 1 amide bonds. The van der Waals surface area contributed by atoms with Gasteiger partial charge in [0.1, 0.15) is 0 Å². The number of carbonyl (C=O) groups is 1. The van der Waals surface area contributed by atoms with E-state index in [2.05, 4.69) is 6.92 Å². The standard InChI is InChI=1S/C14H26N2O2/c1-10-3-4-13(15)12(9-10)14(17)16-7-5-11(18-2)6-8-16/h10-13H,3-9,15H2,1-2H3. The van der Waals surface area contributed by atoms with Crippen LogP contribution in [-0.4, -0.2) is 43.2 Å². The van der Waals surface area contributed by atoms with Crippen molar-refractivity contribution in [2.45, 2.75) is 51.2 Å². The number of nitrogens with zero attached hydrogens (tertiary/aromatic N) is 1. The van der Waals surface area contributed by atoms with Crippen LogP contribution in [-0.2, 0) is 9.53 Å². The van der Waals surface area contributed by atoms with Crippen LogP contribution in [0.5, 0.6) is 0 Å². The summed E-state index contributed by atoms with van der Waals surface area (Å²) in [7, 11) is 1.75. The second-order valence-electron chi connectivity index (χ2n) is 5.95. The van der Waals surface area contributed by atoms with Gasteiger partial charge in [0, 0.05) is 26.2 Å². The Morgan fingerprint density at radius 1 is 1.22 bits per heavy atom. The van der Waals surface area contributed by atoms with Crippen LogP contribution in [0.2, 0.25) is 0 Å². The van der Waals surface area contributed by atoms with E-state index >= 15 is 0 Å². The fraction of sp³-hybridized carbons (Fsp3) is 0.929. The van der Waals surface area contributed by atoms with Gasteiger partial charge in [0.25, 0.3) is 0 Å². The molecule has 0 radical (unpaired) electrons. The average molecular weight is 254 g/mol. The highest BCUT2D eigenvalue weighted by molar-refractivity contribution is 5.79. The molecule has 1 saturated heterocycles. The molecule has 18 heavy (non-hydrogen) atoms. The van der Waals surface area contributed by atoms with E-state index in [9.17, 15) is 4.79 Å². The van der Waals surface area contributed by atoms with Crippen LogP contribution in [0.4, 0.5) is 0 Å². The zero-order valence-electron chi connectivity index (χ0n) is 11.6. The lowest BCUT2D eigenvalue weighted by molar-refractivity contribution is -0.140. The number of nitrogens with two attached hydrogens (primary N) is 1. The first-order valence-corrected chi connectivity index (χ1v) is 7.19. The van der Waals surface area contributed by atoms with E-state index in [4.69, 9.17) is 10.5 Å². The number of carbonyl (C=O) groups excluding carboxylic acids is 1. The summed E-state index contributed by atoms with van der Waals surface area (Å²) < 4.78 is 5.34. The third kappa shape index (κ3) is 3.04. The number of hydrogen-bond acceptors (Lipinski definition) is 3. The first-order chi connectivity index (χ1) is 8.61. The lowest BCUT2D eigenvalue weighted by atomic mass is 9.78. The second-order valence-corrected chi connectivity index (χ2v) is 5.95. The molecule has 0 spiro atoms. The molecule has 0 bridgehead atoms. The third-order valence-electron chi connectivity index (χ3n) is 4.57. The first-order valence-electron chi connectivity index (χ1n) is 7.19. The van der Waals surface area contributed by atoms with Crippen molar-refractivity contribution in [3.63, 3.8) is 0 Å². The van der Waals surface area contributed by atoms with Gasteiger partial charge in [-0.25, -0.2) is 0 Å². The molecule has 1 heterocycles. The Kier molecular flexibility index (Phi) is 4.62. The van der Waals surface area contributed by atoms with Crippen molar-refractivity contribution in [2.24, 2.45) is 17.6 Å². The molecule has 0 aromatic rings. The molecule has 2 N–H and O–H groups in total. The maximum atomic E-state index is 12.5. The number of hydrogen-bond donors (Lipinski definition) is 1. The summed E-state index contributed by atoms with van der Waals surface area (Å²) in [6, 6.07) is 0.0637. The normalized spacial score (nSPS) is 34.6. The van der Waals surface area contributed by atoms with E-state index in [0.29, 0.717) is 12.0 Å². The summed E-state index contributed by atoms with van der Waals surface area (Å²) in [6.45, 7) is 3.88. The molecule has 1 aliphatic heterocycles. The molecule has 2 rings (SSSR count). The van der Waals surface area contributed by atoms with Crippen LogP contribution < -0.4 is 5.73 Å². The van der Waals surface area contributed by atoms with Crippen molar-refractivity contribution in [2.75, 3.05) is 20.2 Å². The molecule has 2 fully saturated rings. The second kappa shape index (κ2) is 6.02. The smallest absolute Gasteiger partial charge is 0.227 e. The SMILES string of the molecule is COC1CCN(C(=O)C2CC(C)CCC2N)CC1. The monoisotopic (exact) mass is 254 g/mol. The van der Waals surface area contributed by atoms with Gasteiger partial charge >= 0.3 is 0 Å². The molecule has 1 aliphatic carbocycles. The number of amides is 1. The predicted octanol–water partition coefficient (Wildman–Crippen LogP) is 1.39. The largest absolute Gasteiger partial charge is 0.381 e. The van der Waals surface area contributed by atoms with Crippen molar-refractivity contribution in [3.8, 4) is 0 Å². The van der Waals surface area contributed by atoms with Crippen LogP contribution in [0.15, 0.2) is 0 Å². The topological polar surface area (TPSA) is 55.6 Å². The molecule has 0 aromatic heterocycles. The van der Waals surface area contributed by atoms with Crippen molar-refractivity contribution in [3.05, 3.63) is 0 Å². The van der Waals surface area contributed by atoms with Crippen LogP contribution in [0.3, 0.4) is 0 Å². The zero-order chi connectivity index (χ0) is 13.1. The highest BCUT2D eigenvalue weighted by atomic mass is 16.5. The number of ether oxygens (including phenoxy) is 1. The zero-order valence-corrected chi connectivity index (χ0v) is 11.6. The number of piperidine rings is 1. The Morgan fingerprint density at radius 2 is 1.89 bits per heavy atom. The summed E-state index contributed by atoms with van der Waals surface area (Å²) in [4.78, 5) is 14.5. The average Bonchev–Trinajstić information content (AvgIpc) is 2.41. The highest BCUT2D eigenvalue weighted by Crippen LogP contribution is 2.30. The van der Waals surface area contributed by atoms with Gasteiger partial charge in [-0.2, -0.15) is 0 Å². The number of rotatable bonds is 2. The maximum Gasteiger partial charge on any atom is 0.227 e. The molecule has 4 heteroatoms. The maximum absolute atomic E-state index is 12.5. The molecule has 3 atom stereocenters. The minimum absolute atomic E-state index is 0.0489. The quantitative estimate of drug-likeness (QED) is 0.810. The Balaban J connectivity index is 1.90. The summed E-state index contributed by atoms with van der Waals surface area (Å²) in [5.74, 6) is 0.965. The van der Waals surface area contributed by atoms with Crippen molar-refractivity contribution >= 4 is 5.91 Å². The lowest BCUT2D eigenvalue weighted by Gasteiger charge is -2.38. The molecule has 2 aliphatic rings. The van der Waals surface area contributed by atoms with Crippen molar-refractivity contribution in [1.82, 2.24) is 4.90 Å². The van der Waals surface area contributed by atoms with Gasteiger partial charge in [-0.15, -0.1) is 0 Å². The first kappa shape index (κ1) is 13.8. The molecular formula is C14H26N2O2. The molecule has 1 saturated carbocycles. The van der Waals surface area contributed by atoms with Crippen molar-refractivity contribution in [1.29, 1.82) is 0 Å². The van der Waals surface area contributed by atoms with Crippen molar-refractivity contribution < 1.29 is 9.53 Å². The fourth-order valence-corrected chi connectivity index (χ4v) is 3.23. The minimum Gasteiger partial charge on any atom is -0.381 e. The van der Waals surface area contributed by atoms with Gasteiger partial charge in [-0.1, -0.05) is 6.92 Å². The van der Waals surface area contributed by atoms with Gasteiger partial charge in [-0.05, 0) is 38.0 Å². The Bertz CT molecular complexity index is 288. The van der Waals surface area contributed by atoms with E-state index in [1.807, 2.05) is 4.90 Å². The molecule has 3 unspecified atom stereocenters. The number of methoxy groups -OCH3 is 1. The number of likely N-dealkylation sites (tertiary alicyclic amines) is 1. The minimum atomic E-state index is 0.0489. The van der Waals surface area contributed by atoms with Gasteiger partial charge in [0.15, 0.2) is 0 Å². The van der Waals surface area contributed by atoms with Crippen LogP contribution >= 0.6 is 0 Å². The predicted molar refractivity (Wildman–Crippen MR) is 71.1 cm³/mol. The van der Waals surface area contributed by atoms with Gasteiger partial charge in [0.2, 0.25) is 5.91 Å². The van der Waals surface area contributed by atoms with Gasteiger partial charge in [-0.3, -0.25) is 4.79 Å². The van der Waals surface area contributed by atoms with Crippen LogP contribution in [0.25, 0.3) is 0 Å². The Hall–Kier alpha value is -0.610. The highest BCUT2D eigenvalue weighted by Gasteiger charge is 2.35. The summed E-state index contributed by atoms with van der Waals surface area (Å²) in [5, 5.41) is 0. The molecule has 0 aromatic carbocycles. The molecule has 4 nitrogen and oxygen atoms in total. The van der Waals surface area contributed by atoms with Crippen LogP contribution in [0.1, 0.15) is 39.0 Å². The lowest BCUT2D eigenvalue weighted by Crippen LogP contribution is -2.49. The van der Waals surface area contributed by atoms with E-state index in [1.54, 1.807) is 7.11 Å². The van der Waals surface area contributed by atoms with E-state index in [0.717, 1.165) is 45.2 Å². The fourth-order valence-electron chi connectivity index (χ4n) is 3.23. The van der Waals surface area contributed by atoms with Gasteiger partial charge < -0.3 is 15.4 Å². The Labute approximate surface area is 110 Å². The van der Waals surface area contributed by atoms with E-state index in [1.165, 1.54) is 0 Å². The van der Waals surface area contributed by atoms with E-state index < -0.39 is 0 Å². The summed E-state index contributed by atoms with van der Waals surface area (Å²) in [6.07, 6.45) is 5.36. The Morgan fingerprint density at radius 3 is 2.50 bits per heavy atom. The van der Waals surface area contributed by atoms with E-state index in [-0.39, 0.29) is 17.9 Å². The third-order valence-corrected chi connectivity index (χ3v) is 4.57.